The molecule has 0 aromatic carbocycles. The lowest BCUT2D eigenvalue weighted by Crippen LogP contribution is -2.47. The van der Waals surface area contributed by atoms with Crippen molar-refractivity contribution in [2.75, 3.05) is 7.11 Å². The lowest BCUT2D eigenvalue weighted by atomic mass is 10.1. The molecule has 2 nitrogen and oxygen atoms in total. The molecule has 5 heteroatoms. The highest BCUT2D eigenvalue weighted by molar-refractivity contribution is 5.14. The molecule has 0 atom stereocenters. The molecule has 0 amide bonds. The van der Waals surface area contributed by atoms with Gasteiger partial charge in [-0.1, -0.05) is 41.5 Å². The standard InChI is InChI=1S/C10H13F3NO.2C2H6/c1-7(2)8-4-5-9(10(11,12)13)14(6-8)15-3;2*1-2/h4-7H,1-3H3;2*1-2H3/q+1;;. The molecule has 0 aliphatic carbocycles. The Kier molecular flexibility index (Phi) is 10.2. The van der Waals surface area contributed by atoms with Gasteiger partial charge in [-0.25, -0.2) is 0 Å². The van der Waals surface area contributed by atoms with Crippen molar-refractivity contribution in [1.82, 2.24) is 0 Å². The largest absolute Gasteiger partial charge is 0.482 e. The molecule has 0 bridgehead atoms. The monoisotopic (exact) mass is 280 g/mol. The Hall–Kier alpha value is -1.26. The molecule has 0 radical (unpaired) electrons. The van der Waals surface area contributed by atoms with Gasteiger partial charge in [-0.3, -0.25) is 4.84 Å². The van der Waals surface area contributed by atoms with E-state index in [1.165, 1.54) is 19.4 Å². The SMILES string of the molecule is CC.CC.CO[n+]1cc(C(C)C)ccc1C(F)(F)F. The number of hydrogen-bond acceptors (Lipinski definition) is 1. The zero-order valence-corrected chi connectivity index (χ0v) is 12.8. The van der Waals surface area contributed by atoms with Crippen molar-refractivity contribution >= 4 is 0 Å². The van der Waals surface area contributed by atoms with Crippen molar-refractivity contribution < 1.29 is 22.7 Å². The van der Waals surface area contributed by atoms with Crippen molar-refractivity contribution in [1.29, 1.82) is 0 Å². The molecule has 1 aromatic rings. The Morgan fingerprint density at radius 3 is 1.84 bits per heavy atom. The summed E-state index contributed by atoms with van der Waals surface area (Å²) >= 11 is 0. The molecule has 0 N–H and O–H groups in total. The summed E-state index contributed by atoms with van der Waals surface area (Å²) in [7, 11) is 1.21. The summed E-state index contributed by atoms with van der Waals surface area (Å²) in [6.07, 6.45) is -3.04. The van der Waals surface area contributed by atoms with Crippen molar-refractivity contribution in [3.63, 3.8) is 0 Å². The van der Waals surface area contributed by atoms with E-state index in [4.69, 9.17) is 0 Å². The van der Waals surface area contributed by atoms with E-state index in [9.17, 15) is 13.2 Å². The first-order valence-corrected chi connectivity index (χ1v) is 6.53. The van der Waals surface area contributed by atoms with Gasteiger partial charge in [-0.2, -0.15) is 13.2 Å². The molecule has 0 saturated heterocycles. The third-order valence-corrected chi connectivity index (χ3v) is 2.09. The second-order valence-corrected chi connectivity index (χ2v) is 3.51. The van der Waals surface area contributed by atoms with Crippen molar-refractivity contribution in [2.45, 2.75) is 53.6 Å². The first-order valence-electron chi connectivity index (χ1n) is 6.53. The molecule has 0 fully saturated rings. The Morgan fingerprint density at radius 1 is 1.05 bits per heavy atom. The number of nitrogens with zero attached hydrogens (tertiary/aromatic N) is 1. The fraction of sp³-hybridized carbons (Fsp3) is 0.643. The zero-order chi connectivity index (χ0) is 15.6. The molecular weight excluding hydrogens is 255 g/mol. The predicted octanol–water partition coefficient (Wildman–Crippen LogP) is 4.23. The molecule has 1 rings (SSSR count). The van der Waals surface area contributed by atoms with Gasteiger partial charge in [0.05, 0.1) is 0 Å². The molecule has 19 heavy (non-hydrogen) atoms. The van der Waals surface area contributed by atoms with E-state index in [1.54, 1.807) is 0 Å². The minimum Gasteiger partial charge on any atom is -0.274 e. The number of aromatic nitrogens is 1. The summed E-state index contributed by atoms with van der Waals surface area (Å²) in [5, 5.41) is 0. The van der Waals surface area contributed by atoms with Gasteiger partial charge in [-0.05, 0) is 12.0 Å². The second-order valence-electron chi connectivity index (χ2n) is 3.51. The lowest BCUT2D eigenvalue weighted by Gasteiger charge is -2.07. The molecular formula is C14H25F3NO+. The van der Waals surface area contributed by atoms with Crippen molar-refractivity contribution in [3.8, 4) is 0 Å². The normalized spacial score (nSPS) is 10.1. The Labute approximate surface area is 114 Å². The molecule has 1 heterocycles. The van der Waals surface area contributed by atoms with Crippen molar-refractivity contribution in [2.24, 2.45) is 0 Å². The van der Waals surface area contributed by atoms with Crippen LogP contribution in [0, 0.1) is 0 Å². The van der Waals surface area contributed by atoms with E-state index in [0.29, 0.717) is 0 Å². The Balaban J connectivity index is 0. The summed E-state index contributed by atoms with van der Waals surface area (Å²) in [6.45, 7) is 11.8. The van der Waals surface area contributed by atoms with Crippen LogP contribution in [0.15, 0.2) is 18.3 Å². The second kappa shape index (κ2) is 9.64. The maximum atomic E-state index is 12.5. The number of pyridine rings is 1. The third kappa shape index (κ3) is 6.45. The smallest absolute Gasteiger partial charge is 0.274 e. The van der Waals surface area contributed by atoms with Crippen LogP contribution in [0.25, 0.3) is 0 Å². The molecule has 0 aliphatic rings. The van der Waals surface area contributed by atoms with Crippen LogP contribution in [0.1, 0.15) is 58.7 Å². The predicted molar refractivity (Wildman–Crippen MR) is 70.9 cm³/mol. The van der Waals surface area contributed by atoms with E-state index in [-0.39, 0.29) is 5.92 Å². The van der Waals surface area contributed by atoms with E-state index >= 15 is 0 Å². The maximum absolute atomic E-state index is 12.5. The van der Waals surface area contributed by atoms with Crippen LogP contribution in [0.2, 0.25) is 0 Å². The Bertz CT molecular complexity index is 349. The number of halogens is 3. The van der Waals surface area contributed by atoms with Gasteiger partial charge >= 0.3 is 11.9 Å². The number of hydrogen-bond donors (Lipinski definition) is 0. The molecule has 0 spiro atoms. The van der Waals surface area contributed by atoms with E-state index in [2.05, 4.69) is 4.84 Å². The zero-order valence-electron chi connectivity index (χ0n) is 12.8. The first-order chi connectivity index (χ1) is 8.86. The highest BCUT2D eigenvalue weighted by Crippen LogP contribution is 2.26. The van der Waals surface area contributed by atoms with Gasteiger partial charge < -0.3 is 0 Å². The minimum atomic E-state index is -4.40. The summed E-state index contributed by atoms with van der Waals surface area (Å²) < 4.78 is 38.1. The average molecular weight is 280 g/mol. The van der Waals surface area contributed by atoms with Crippen LogP contribution in [-0.2, 0) is 6.18 Å². The fourth-order valence-corrected chi connectivity index (χ4v) is 1.21. The summed E-state index contributed by atoms with van der Waals surface area (Å²) in [6, 6.07) is 2.49. The van der Waals surface area contributed by atoms with Crippen LogP contribution < -0.4 is 9.57 Å². The molecule has 112 valence electrons. The van der Waals surface area contributed by atoms with Crippen LogP contribution in [0.5, 0.6) is 0 Å². The van der Waals surface area contributed by atoms with Gasteiger partial charge in [-0.15, -0.1) is 0 Å². The van der Waals surface area contributed by atoms with Gasteiger partial charge in [0.25, 0.3) is 0 Å². The van der Waals surface area contributed by atoms with E-state index in [0.717, 1.165) is 16.4 Å². The van der Waals surface area contributed by atoms with Crippen LogP contribution in [0.4, 0.5) is 13.2 Å². The van der Waals surface area contributed by atoms with Crippen LogP contribution in [-0.4, -0.2) is 7.11 Å². The number of rotatable bonds is 2. The quantitative estimate of drug-likeness (QED) is 0.739. The van der Waals surface area contributed by atoms with Crippen molar-refractivity contribution in [3.05, 3.63) is 29.6 Å². The van der Waals surface area contributed by atoms with E-state index in [1.807, 2.05) is 41.5 Å². The fourth-order valence-electron chi connectivity index (χ4n) is 1.21. The summed E-state index contributed by atoms with van der Waals surface area (Å²) in [5.41, 5.74) is -0.0146. The summed E-state index contributed by atoms with van der Waals surface area (Å²) in [4.78, 5) is 4.66. The van der Waals surface area contributed by atoms with Gasteiger partial charge in [0, 0.05) is 16.4 Å². The van der Waals surface area contributed by atoms with Gasteiger partial charge in [0.2, 0.25) is 6.20 Å². The highest BCUT2D eigenvalue weighted by atomic mass is 19.4. The topological polar surface area (TPSA) is 13.1 Å². The third-order valence-electron chi connectivity index (χ3n) is 2.09. The summed E-state index contributed by atoms with van der Waals surface area (Å²) in [5.74, 6) is 0.161. The minimum absolute atomic E-state index is 0.161. The Morgan fingerprint density at radius 2 is 1.53 bits per heavy atom. The van der Waals surface area contributed by atoms with Gasteiger partial charge in [0.15, 0.2) is 0 Å². The van der Waals surface area contributed by atoms with Crippen LogP contribution >= 0.6 is 0 Å². The van der Waals surface area contributed by atoms with Gasteiger partial charge in [0.1, 0.15) is 7.11 Å². The maximum Gasteiger partial charge on any atom is 0.482 e. The molecule has 1 aromatic heterocycles. The average Bonchev–Trinajstić information content (AvgIpc) is 2.41. The molecule has 0 saturated carbocycles. The van der Waals surface area contributed by atoms with Crippen LogP contribution in [0.3, 0.4) is 0 Å². The first kappa shape index (κ1) is 20.1. The van der Waals surface area contributed by atoms with E-state index < -0.39 is 11.9 Å². The molecule has 0 aliphatic heterocycles. The lowest BCUT2D eigenvalue weighted by molar-refractivity contribution is -0.896. The number of alkyl halides is 3. The highest BCUT2D eigenvalue weighted by Gasteiger charge is 2.42. The molecule has 0 unspecified atom stereocenters.